The molecule has 0 atom stereocenters. The summed E-state index contributed by atoms with van der Waals surface area (Å²) in [7, 11) is 1.76. The number of nitrogens with zero attached hydrogens (tertiary/aromatic N) is 3. The molecule has 32 heavy (non-hydrogen) atoms. The Morgan fingerprint density at radius 2 is 1.72 bits per heavy atom. The summed E-state index contributed by atoms with van der Waals surface area (Å²) in [6, 6.07) is 13.5. The first kappa shape index (κ1) is 19.9. The summed E-state index contributed by atoms with van der Waals surface area (Å²) in [4.78, 5) is 8.58. The van der Waals surface area contributed by atoms with Crippen molar-refractivity contribution < 1.29 is 17.6 Å². The van der Waals surface area contributed by atoms with Crippen molar-refractivity contribution in [3.8, 4) is 22.7 Å². The van der Waals surface area contributed by atoms with Gasteiger partial charge in [0.2, 0.25) is 0 Å². The van der Waals surface area contributed by atoms with E-state index in [-0.39, 0.29) is 5.56 Å². The maximum absolute atomic E-state index is 14.7. The minimum absolute atomic E-state index is 0.189. The van der Waals surface area contributed by atoms with Gasteiger partial charge in [0.05, 0.1) is 28.5 Å². The highest BCUT2D eigenvalue weighted by molar-refractivity contribution is 5.93. The van der Waals surface area contributed by atoms with Gasteiger partial charge in [-0.3, -0.25) is 0 Å². The fourth-order valence-corrected chi connectivity index (χ4v) is 3.66. The van der Waals surface area contributed by atoms with E-state index in [1.807, 2.05) is 12.1 Å². The van der Waals surface area contributed by atoms with Crippen LogP contribution in [0.4, 0.5) is 24.5 Å². The van der Waals surface area contributed by atoms with Crippen LogP contribution in [0, 0.1) is 24.4 Å². The second-order valence-electron chi connectivity index (χ2n) is 7.36. The second kappa shape index (κ2) is 7.56. The predicted molar refractivity (Wildman–Crippen MR) is 116 cm³/mol. The molecular formula is C24H17F3N4O. The third-order valence-electron chi connectivity index (χ3n) is 5.22. The summed E-state index contributed by atoms with van der Waals surface area (Å²) < 4.78 is 49.5. The molecule has 0 radical (unpaired) electrons. The lowest BCUT2D eigenvalue weighted by atomic mass is 10.1. The number of oxazole rings is 1. The highest BCUT2D eigenvalue weighted by atomic mass is 19.1. The van der Waals surface area contributed by atoms with E-state index in [2.05, 4.69) is 15.3 Å². The SMILES string of the molecule is Cc1ncc(-c2ccc(Nc3cccc4c3nc(-c3ccc(F)cc3F)n4C)cc2F)o1. The van der Waals surface area contributed by atoms with Gasteiger partial charge in [0.25, 0.3) is 0 Å². The van der Waals surface area contributed by atoms with Gasteiger partial charge in [-0.25, -0.2) is 23.1 Å². The first-order chi connectivity index (χ1) is 15.4. The third kappa shape index (κ3) is 3.39. The number of aromatic nitrogens is 3. The van der Waals surface area contributed by atoms with Crippen molar-refractivity contribution in [2.45, 2.75) is 6.92 Å². The number of aryl methyl sites for hydroxylation is 2. The van der Waals surface area contributed by atoms with Crippen LogP contribution in [0.2, 0.25) is 0 Å². The van der Waals surface area contributed by atoms with Crippen LogP contribution in [0.25, 0.3) is 33.7 Å². The van der Waals surface area contributed by atoms with Crippen molar-refractivity contribution in [3.63, 3.8) is 0 Å². The second-order valence-corrected chi connectivity index (χ2v) is 7.36. The smallest absolute Gasteiger partial charge is 0.191 e. The molecule has 5 nitrogen and oxygen atoms in total. The molecule has 0 amide bonds. The summed E-state index contributed by atoms with van der Waals surface area (Å²) in [6.07, 6.45) is 1.48. The molecule has 1 N–H and O–H groups in total. The number of benzene rings is 3. The van der Waals surface area contributed by atoms with Crippen LogP contribution in [0.1, 0.15) is 5.89 Å². The van der Waals surface area contributed by atoms with E-state index in [1.165, 1.54) is 24.4 Å². The average molecular weight is 434 g/mol. The molecule has 0 aliphatic rings. The Labute approximate surface area is 181 Å². The van der Waals surface area contributed by atoms with Gasteiger partial charge in [-0.15, -0.1) is 0 Å². The summed E-state index contributed by atoms with van der Waals surface area (Å²) in [5.41, 5.74) is 2.94. The van der Waals surface area contributed by atoms with E-state index in [4.69, 9.17) is 4.42 Å². The maximum atomic E-state index is 14.7. The first-order valence-electron chi connectivity index (χ1n) is 9.81. The molecule has 2 heterocycles. The van der Waals surface area contributed by atoms with E-state index in [1.54, 1.807) is 36.7 Å². The number of halogens is 3. The number of rotatable bonds is 4. The van der Waals surface area contributed by atoms with Crippen molar-refractivity contribution in [1.82, 2.24) is 14.5 Å². The highest BCUT2D eigenvalue weighted by Gasteiger charge is 2.17. The molecule has 0 saturated heterocycles. The lowest BCUT2D eigenvalue weighted by molar-refractivity contribution is 0.528. The van der Waals surface area contributed by atoms with Crippen LogP contribution in [0.3, 0.4) is 0 Å². The van der Waals surface area contributed by atoms with Gasteiger partial charge >= 0.3 is 0 Å². The van der Waals surface area contributed by atoms with Gasteiger partial charge < -0.3 is 14.3 Å². The van der Waals surface area contributed by atoms with Crippen molar-refractivity contribution in [1.29, 1.82) is 0 Å². The lowest BCUT2D eigenvalue weighted by Gasteiger charge is -2.09. The van der Waals surface area contributed by atoms with Gasteiger partial charge in [0.15, 0.2) is 11.7 Å². The van der Waals surface area contributed by atoms with E-state index in [0.29, 0.717) is 39.9 Å². The number of imidazole rings is 1. The Balaban J connectivity index is 1.53. The van der Waals surface area contributed by atoms with E-state index in [9.17, 15) is 13.2 Å². The first-order valence-corrected chi connectivity index (χ1v) is 9.81. The predicted octanol–water partition coefficient (Wildman–Crippen LogP) is 6.36. The number of hydrogen-bond donors (Lipinski definition) is 1. The molecule has 2 aromatic heterocycles. The van der Waals surface area contributed by atoms with Crippen LogP contribution in [0.5, 0.6) is 0 Å². The molecule has 0 spiro atoms. The quantitative estimate of drug-likeness (QED) is 0.357. The number of anilines is 2. The van der Waals surface area contributed by atoms with Gasteiger partial charge in [0.1, 0.15) is 28.8 Å². The monoisotopic (exact) mass is 434 g/mol. The van der Waals surface area contributed by atoms with Crippen LogP contribution in [-0.2, 0) is 7.05 Å². The number of fused-ring (bicyclic) bond motifs is 1. The van der Waals surface area contributed by atoms with Gasteiger partial charge in [-0.1, -0.05) is 6.07 Å². The Kier molecular flexibility index (Phi) is 4.70. The zero-order valence-electron chi connectivity index (χ0n) is 17.2. The molecule has 160 valence electrons. The van der Waals surface area contributed by atoms with E-state index in [0.717, 1.165) is 11.6 Å². The van der Waals surface area contributed by atoms with Crippen LogP contribution >= 0.6 is 0 Å². The number of para-hydroxylation sites is 1. The Bertz CT molecular complexity index is 1470. The highest BCUT2D eigenvalue weighted by Crippen LogP contribution is 2.32. The van der Waals surface area contributed by atoms with Crippen LogP contribution in [-0.4, -0.2) is 14.5 Å². The molecule has 8 heteroatoms. The van der Waals surface area contributed by atoms with Crippen LogP contribution in [0.15, 0.2) is 65.2 Å². The molecule has 0 saturated carbocycles. The maximum Gasteiger partial charge on any atom is 0.191 e. The topological polar surface area (TPSA) is 55.9 Å². The van der Waals surface area contributed by atoms with Crippen LogP contribution < -0.4 is 5.32 Å². The van der Waals surface area contributed by atoms with Crippen molar-refractivity contribution >= 4 is 22.4 Å². The molecule has 0 aliphatic carbocycles. The molecule has 0 aliphatic heterocycles. The standard InChI is InChI=1S/C24H17F3N4O/c1-13-28-12-22(32-13)16-9-7-15(11-19(16)27)29-20-4-3-5-21-23(20)30-24(31(21)2)17-8-6-14(25)10-18(17)26/h3-12,29H,1-2H3. The molecule has 3 aromatic carbocycles. The third-order valence-corrected chi connectivity index (χ3v) is 5.22. The lowest BCUT2D eigenvalue weighted by Crippen LogP contribution is -1.95. The summed E-state index contributed by atoms with van der Waals surface area (Å²) >= 11 is 0. The van der Waals surface area contributed by atoms with Gasteiger partial charge in [-0.05, 0) is 42.5 Å². The van der Waals surface area contributed by atoms with Gasteiger partial charge in [-0.2, -0.15) is 0 Å². The summed E-state index contributed by atoms with van der Waals surface area (Å²) in [5, 5.41) is 3.17. The summed E-state index contributed by atoms with van der Waals surface area (Å²) in [5.74, 6) is -0.653. The largest absolute Gasteiger partial charge is 0.441 e. The minimum Gasteiger partial charge on any atom is -0.441 e. The molecule has 0 fully saturated rings. The zero-order chi connectivity index (χ0) is 22.4. The number of nitrogens with one attached hydrogen (secondary N) is 1. The molecule has 5 aromatic rings. The molecule has 0 unspecified atom stereocenters. The Hall–Kier alpha value is -4.07. The Morgan fingerprint density at radius 1 is 0.938 bits per heavy atom. The fourth-order valence-electron chi connectivity index (χ4n) is 3.66. The molecule has 0 bridgehead atoms. The molecular weight excluding hydrogens is 417 g/mol. The van der Waals surface area contributed by atoms with Crippen molar-refractivity contribution in [2.75, 3.05) is 5.32 Å². The summed E-state index contributed by atoms with van der Waals surface area (Å²) in [6.45, 7) is 1.69. The number of hydrogen-bond acceptors (Lipinski definition) is 4. The normalized spacial score (nSPS) is 11.3. The van der Waals surface area contributed by atoms with E-state index >= 15 is 0 Å². The average Bonchev–Trinajstić information content (AvgIpc) is 3.33. The zero-order valence-corrected chi connectivity index (χ0v) is 17.2. The Morgan fingerprint density at radius 3 is 2.44 bits per heavy atom. The fraction of sp³-hybridized carbons (Fsp3) is 0.0833. The van der Waals surface area contributed by atoms with Crippen molar-refractivity contribution in [3.05, 3.63) is 84.1 Å². The molecule has 5 rings (SSSR count). The van der Waals surface area contributed by atoms with Gasteiger partial charge in [0, 0.05) is 25.7 Å². The van der Waals surface area contributed by atoms with E-state index < -0.39 is 17.5 Å². The minimum atomic E-state index is -0.696. The van der Waals surface area contributed by atoms with Crippen molar-refractivity contribution in [2.24, 2.45) is 7.05 Å².